The SMILES string of the molecule is C[C@@H](NS(=O)(=O)c1ccccc1)C(=O)Nc1ccc(F)c(Cl)c1. The number of sulfonamides is 1. The number of hydrogen-bond donors (Lipinski definition) is 2. The van der Waals surface area contributed by atoms with Crippen LogP contribution < -0.4 is 10.0 Å². The number of nitrogens with one attached hydrogen (secondary N) is 2. The molecule has 0 aliphatic heterocycles. The van der Waals surface area contributed by atoms with Crippen LogP contribution in [0.5, 0.6) is 0 Å². The van der Waals surface area contributed by atoms with Gasteiger partial charge in [0.2, 0.25) is 15.9 Å². The number of rotatable bonds is 5. The molecule has 0 unspecified atom stereocenters. The van der Waals surface area contributed by atoms with Gasteiger partial charge in [-0.15, -0.1) is 0 Å². The number of hydrogen-bond acceptors (Lipinski definition) is 3. The summed E-state index contributed by atoms with van der Waals surface area (Å²) in [4.78, 5) is 12.1. The maximum Gasteiger partial charge on any atom is 0.242 e. The van der Waals surface area contributed by atoms with E-state index in [1.807, 2.05) is 0 Å². The Morgan fingerprint density at radius 3 is 2.43 bits per heavy atom. The molecule has 122 valence electrons. The van der Waals surface area contributed by atoms with Crippen LogP contribution in [0.3, 0.4) is 0 Å². The molecular weight excluding hydrogens is 343 g/mol. The molecule has 0 saturated carbocycles. The maximum absolute atomic E-state index is 13.1. The van der Waals surface area contributed by atoms with Gasteiger partial charge >= 0.3 is 0 Å². The molecule has 0 spiro atoms. The van der Waals surface area contributed by atoms with Gasteiger partial charge in [-0.2, -0.15) is 4.72 Å². The summed E-state index contributed by atoms with van der Waals surface area (Å²) >= 11 is 5.63. The molecule has 8 heteroatoms. The van der Waals surface area contributed by atoms with Gasteiger partial charge in [0.25, 0.3) is 0 Å². The van der Waals surface area contributed by atoms with Gasteiger partial charge in [0, 0.05) is 5.69 Å². The van der Waals surface area contributed by atoms with Gasteiger partial charge in [0.1, 0.15) is 5.82 Å². The number of amides is 1. The molecule has 2 aromatic rings. The van der Waals surface area contributed by atoms with Gasteiger partial charge < -0.3 is 5.32 Å². The lowest BCUT2D eigenvalue weighted by Gasteiger charge is -2.14. The summed E-state index contributed by atoms with van der Waals surface area (Å²) in [5.41, 5.74) is 0.271. The summed E-state index contributed by atoms with van der Waals surface area (Å²) < 4.78 is 39.6. The van der Waals surface area contributed by atoms with E-state index in [1.165, 1.54) is 31.2 Å². The summed E-state index contributed by atoms with van der Waals surface area (Å²) in [6.07, 6.45) is 0. The molecule has 1 atom stereocenters. The molecule has 2 N–H and O–H groups in total. The molecule has 0 radical (unpaired) electrons. The van der Waals surface area contributed by atoms with Crippen LogP contribution in [-0.4, -0.2) is 20.4 Å². The molecule has 0 heterocycles. The van der Waals surface area contributed by atoms with Crippen LogP contribution in [0.25, 0.3) is 0 Å². The second-order valence-corrected chi connectivity index (χ2v) is 6.90. The van der Waals surface area contributed by atoms with Gasteiger partial charge in [0.05, 0.1) is 16.0 Å². The average Bonchev–Trinajstić information content (AvgIpc) is 2.51. The monoisotopic (exact) mass is 356 g/mol. The van der Waals surface area contributed by atoms with Gasteiger partial charge in [0.15, 0.2) is 0 Å². The first kappa shape index (κ1) is 17.4. The predicted octanol–water partition coefficient (Wildman–Crippen LogP) is 2.78. The summed E-state index contributed by atoms with van der Waals surface area (Å²) in [5.74, 6) is -1.20. The van der Waals surface area contributed by atoms with Crippen molar-refractivity contribution in [3.63, 3.8) is 0 Å². The summed E-state index contributed by atoms with van der Waals surface area (Å²) in [6.45, 7) is 1.40. The third-order valence-electron chi connectivity index (χ3n) is 2.97. The van der Waals surface area contributed by atoms with Crippen molar-refractivity contribution in [3.8, 4) is 0 Å². The van der Waals surface area contributed by atoms with E-state index in [-0.39, 0.29) is 15.6 Å². The van der Waals surface area contributed by atoms with Crippen molar-refractivity contribution in [1.29, 1.82) is 0 Å². The molecule has 1 amide bonds. The Kier molecular flexibility index (Phi) is 5.35. The minimum absolute atomic E-state index is 0.0597. The van der Waals surface area contributed by atoms with Crippen LogP contribution in [-0.2, 0) is 14.8 Å². The Balaban J connectivity index is 2.06. The molecule has 2 rings (SSSR count). The standard InChI is InChI=1S/C15H14ClFN2O3S/c1-10(19-23(21,22)12-5-3-2-4-6-12)15(20)18-11-7-8-14(17)13(16)9-11/h2-10,19H,1H3,(H,18,20)/t10-/m1/s1. The highest BCUT2D eigenvalue weighted by molar-refractivity contribution is 7.89. The van der Waals surface area contributed by atoms with Crippen LogP contribution >= 0.6 is 11.6 Å². The number of carbonyl (C=O) groups excluding carboxylic acids is 1. The number of carbonyl (C=O) groups is 1. The van der Waals surface area contributed by atoms with E-state index in [9.17, 15) is 17.6 Å². The van der Waals surface area contributed by atoms with E-state index in [0.29, 0.717) is 0 Å². The van der Waals surface area contributed by atoms with E-state index in [4.69, 9.17) is 11.6 Å². The fourth-order valence-corrected chi connectivity index (χ4v) is 3.18. The first-order valence-corrected chi connectivity index (χ1v) is 8.49. The zero-order valence-corrected chi connectivity index (χ0v) is 13.7. The fourth-order valence-electron chi connectivity index (χ4n) is 1.78. The van der Waals surface area contributed by atoms with Crippen molar-refractivity contribution in [3.05, 3.63) is 59.4 Å². The molecule has 5 nitrogen and oxygen atoms in total. The van der Waals surface area contributed by atoms with Gasteiger partial charge in [-0.25, -0.2) is 12.8 Å². The Morgan fingerprint density at radius 1 is 1.17 bits per heavy atom. The number of benzene rings is 2. The maximum atomic E-state index is 13.1. The van der Waals surface area contributed by atoms with Crippen LogP contribution in [0.4, 0.5) is 10.1 Å². The van der Waals surface area contributed by atoms with Crippen molar-refractivity contribution in [2.24, 2.45) is 0 Å². The summed E-state index contributed by atoms with van der Waals surface area (Å²) in [6, 6.07) is 10.4. The Hall–Kier alpha value is -1.96. The highest BCUT2D eigenvalue weighted by Crippen LogP contribution is 2.19. The summed E-state index contributed by atoms with van der Waals surface area (Å²) in [5, 5.41) is 2.33. The fraction of sp³-hybridized carbons (Fsp3) is 0.133. The van der Waals surface area contributed by atoms with E-state index < -0.39 is 27.8 Å². The largest absolute Gasteiger partial charge is 0.325 e. The molecule has 0 fully saturated rings. The van der Waals surface area contributed by atoms with E-state index >= 15 is 0 Å². The molecule has 0 aromatic heterocycles. The third kappa shape index (κ3) is 4.51. The molecule has 0 saturated heterocycles. The minimum atomic E-state index is -3.81. The lowest BCUT2D eigenvalue weighted by Crippen LogP contribution is -2.41. The third-order valence-corrected chi connectivity index (χ3v) is 4.81. The van der Waals surface area contributed by atoms with E-state index in [2.05, 4.69) is 10.0 Å². The number of anilines is 1. The summed E-state index contributed by atoms with van der Waals surface area (Å²) in [7, 11) is -3.81. The quantitative estimate of drug-likeness (QED) is 0.865. The van der Waals surface area contributed by atoms with Crippen LogP contribution in [0.1, 0.15) is 6.92 Å². The zero-order chi connectivity index (χ0) is 17.0. The minimum Gasteiger partial charge on any atom is -0.325 e. The normalized spacial score (nSPS) is 12.7. The predicted molar refractivity (Wildman–Crippen MR) is 86.3 cm³/mol. The Morgan fingerprint density at radius 2 is 1.83 bits per heavy atom. The first-order chi connectivity index (χ1) is 10.8. The lowest BCUT2D eigenvalue weighted by atomic mass is 10.3. The smallest absolute Gasteiger partial charge is 0.242 e. The molecule has 0 bridgehead atoms. The first-order valence-electron chi connectivity index (χ1n) is 6.63. The molecule has 0 aliphatic rings. The van der Waals surface area contributed by atoms with Crippen molar-refractivity contribution < 1.29 is 17.6 Å². The highest BCUT2D eigenvalue weighted by Gasteiger charge is 2.22. The van der Waals surface area contributed by atoms with Crippen LogP contribution in [0.15, 0.2) is 53.4 Å². The topological polar surface area (TPSA) is 75.3 Å². The van der Waals surface area contributed by atoms with Crippen LogP contribution in [0.2, 0.25) is 5.02 Å². The molecular formula is C15H14ClFN2O3S. The van der Waals surface area contributed by atoms with Crippen molar-refractivity contribution in [1.82, 2.24) is 4.72 Å². The van der Waals surface area contributed by atoms with Crippen molar-refractivity contribution in [2.45, 2.75) is 17.9 Å². The Bertz CT molecular complexity index is 813. The Labute approximate surface area is 138 Å². The van der Waals surface area contributed by atoms with Crippen LogP contribution in [0, 0.1) is 5.82 Å². The molecule has 2 aromatic carbocycles. The second kappa shape index (κ2) is 7.08. The van der Waals surface area contributed by atoms with Gasteiger partial charge in [-0.1, -0.05) is 29.8 Å². The highest BCUT2D eigenvalue weighted by atomic mass is 35.5. The average molecular weight is 357 g/mol. The van der Waals surface area contributed by atoms with E-state index in [0.717, 1.165) is 6.07 Å². The van der Waals surface area contributed by atoms with Gasteiger partial charge in [-0.05, 0) is 37.3 Å². The van der Waals surface area contributed by atoms with E-state index in [1.54, 1.807) is 18.2 Å². The molecule has 0 aliphatic carbocycles. The second-order valence-electron chi connectivity index (χ2n) is 4.77. The van der Waals surface area contributed by atoms with Gasteiger partial charge in [-0.3, -0.25) is 4.79 Å². The zero-order valence-electron chi connectivity index (χ0n) is 12.1. The van der Waals surface area contributed by atoms with Crippen molar-refractivity contribution in [2.75, 3.05) is 5.32 Å². The molecule has 23 heavy (non-hydrogen) atoms. The lowest BCUT2D eigenvalue weighted by molar-refractivity contribution is -0.117. The van der Waals surface area contributed by atoms with Crippen molar-refractivity contribution >= 4 is 33.2 Å². The number of halogens is 2.